The highest BCUT2D eigenvalue weighted by Crippen LogP contribution is 2.47. The Balaban J connectivity index is 1.76. The van der Waals surface area contributed by atoms with E-state index in [-0.39, 0.29) is 11.8 Å². The molecule has 3 heterocycles. The third-order valence-electron chi connectivity index (χ3n) is 4.64. The molecule has 2 unspecified atom stereocenters. The molecule has 5 nitrogen and oxygen atoms in total. The van der Waals surface area contributed by atoms with Crippen LogP contribution < -0.4 is 10.2 Å². The maximum Gasteiger partial charge on any atom is 0.226 e. The minimum Gasteiger partial charge on any atom is -0.353 e. The predicted octanol–water partition coefficient (Wildman–Crippen LogP) is 1.91. The van der Waals surface area contributed by atoms with Crippen LogP contribution in [0.4, 0.5) is 11.6 Å². The molecule has 100 valence electrons. The summed E-state index contributed by atoms with van der Waals surface area (Å²) in [6.45, 7) is 3.18. The van der Waals surface area contributed by atoms with Gasteiger partial charge in [0.25, 0.3) is 0 Å². The van der Waals surface area contributed by atoms with Gasteiger partial charge in [-0.3, -0.25) is 4.79 Å². The molecule has 3 atom stereocenters. The molecule has 1 saturated carbocycles. The molecule has 1 aromatic heterocycles. The first kappa shape index (κ1) is 11.2. The van der Waals surface area contributed by atoms with Gasteiger partial charge >= 0.3 is 0 Å². The van der Waals surface area contributed by atoms with E-state index in [2.05, 4.69) is 27.1 Å². The van der Waals surface area contributed by atoms with Gasteiger partial charge in [0.1, 0.15) is 18.0 Å². The fourth-order valence-electron chi connectivity index (χ4n) is 3.61. The van der Waals surface area contributed by atoms with Crippen molar-refractivity contribution in [2.24, 2.45) is 5.92 Å². The van der Waals surface area contributed by atoms with Gasteiger partial charge in [-0.15, -0.1) is 0 Å². The number of nitrogens with zero attached hydrogens (tertiary/aromatic N) is 3. The monoisotopic (exact) mass is 258 g/mol. The van der Waals surface area contributed by atoms with E-state index in [1.807, 2.05) is 0 Å². The van der Waals surface area contributed by atoms with Gasteiger partial charge in [-0.2, -0.15) is 0 Å². The molecule has 19 heavy (non-hydrogen) atoms. The number of carbonyl (C=O) groups excluding carboxylic acids is 1. The molecule has 0 radical (unpaired) electrons. The van der Waals surface area contributed by atoms with Crippen LogP contribution in [0.2, 0.25) is 0 Å². The lowest BCUT2D eigenvalue weighted by molar-refractivity contribution is -0.116. The molecule has 3 aliphatic rings. The van der Waals surface area contributed by atoms with E-state index in [1.54, 1.807) is 6.33 Å². The molecule has 5 heteroatoms. The van der Waals surface area contributed by atoms with Crippen molar-refractivity contribution < 1.29 is 4.79 Å². The number of amides is 1. The van der Waals surface area contributed by atoms with Crippen LogP contribution in [0.1, 0.15) is 44.1 Å². The van der Waals surface area contributed by atoms with Gasteiger partial charge in [0.2, 0.25) is 5.91 Å². The maximum atomic E-state index is 11.6. The largest absolute Gasteiger partial charge is 0.353 e. The van der Waals surface area contributed by atoms with Crippen molar-refractivity contribution in [1.82, 2.24) is 9.97 Å². The van der Waals surface area contributed by atoms with Gasteiger partial charge < -0.3 is 10.2 Å². The minimum atomic E-state index is 0.0626. The Bertz CT molecular complexity index is 544. The summed E-state index contributed by atoms with van der Waals surface area (Å²) in [4.78, 5) is 22.8. The third-order valence-corrected chi connectivity index (χ3v) is 4.64. The van der Waals surface area contributed by atoms with Gasteiger partial charge in [0, 0.05) is 24.6 Å². The van der Waals surface area contributed by atoms with Crippen LogP contribution >= 0.6 is 0 Å². The van der Waals surface area contributed by atoms with Crippen molar-refractivity contribution in [1.29, 1.82) is 0 Å². The van der Waals surface area contributed by atoms with E-state index in [0.29, 0.717) is 12.5 Å². The third kappa shape index (κ3) is 1.71. The number of aromatic nitrogens is 2. The number of hydrogen-bond acceptors (Lipinski definition) is 4. The minimum absolute atomic E-state index is 0.0626. The lowest BCUT2D eigenvalue weighted by atomic mass is 9.94. The fraction of sp³-hybridized carbons (Fsp3) is 0.643. The van der Waals surface area contributed by atoms with Crippen molar-refractivity contribution >= 4 is 17.5 Å². The summed E-state index contributed by atoms with van der Waals surface area (Å²) >= 11 is 0. The molecule has 0 bridgehead atoms. The molecule has 4 rings (SSSR count). The van der Waals surface area contributed by atoms with Crippen LogP contribution in [0, 0.1) is 5.92 Å². The van der Waals surface area contributed by atoms with E-state index in [9.17, 15) is 4.79 Å². The molecule has 0 spiro atoms. The second kappa shape index (κ2) is 3.92. The normalized spacial score (nSPS) is 32.4. The van der Waals surface area contributed by atoms with E-state index >= 15 is 0 Å². The van der Waals surface area contributed by atoms with Gasteiger partial charge in [-0.25, -0.2) is 9.97 Å². The average molecular weight is 258 g/mol. The zero-order valence-corrected chi connectivity index (χ0v) is 11.1. The number of carbonyl (C=O) groups is 1. The molecular formula is C14H18N4O. The molecule has 0 aromatic carbocycles. The summed E-state index contributed by atoms with van der Waals surface area (Å²) in [5, 5.41) is 2.88. The van der Waals surface area contributed by atoms with E-state index in [1.165, 1.54) is 19.3 Å². The average Bonchev–Trinajstić information content (AvgIpc) is 3.16. The number of fused-ring (bicyclic) bond motifs is 2. The Kier molecular flexibility index (Phi) is 2.31. The van der Waals surface area contributed by atoms with Crippen molar-refractivity contribution in [2.75, 3.05) is 16.8 Å². The standard InChI is InChI=1S/C14H18N4O/c1-8-5-11(19)17-13-12(8)14(16-7-15-13)18-4-2-3-9-6-10(9)18/h7-10H,2-6H2,1H3,(H,15,16,17,19)/t8-,9?,10?/m1/s1. The molecule has 1 N–H and O–H groups in total. The highest BCUT2D eigenvalue weighted by molar-refractivity contribution is 5.94. The Morgan fingerprint density at radius 2 is 2.32 bits per heavy atom. The second-order valence-electron chi connectivity index (χ2n) is 6.01. The lowest BCUT2D eigenvalue weighted by Crippen LogP contribution is -2.35. The van der Waals surface area contributed by atoms with Crippen molar-refractivity contribution in [3.05, 3.63) is 11.9 Å². The van der Waals surface area contributed by atoms with Gasteiger partial charge in [-0.1, -0.05) is 6.92 Å². The first-order valence-corrected chi connectivity index (χ1v) is 7.15. The van der Waals surface area contributed by atoms with Crippen molar-refractivity contribution in [3.63, 3.8) is 0 Å². The number of nitrogens with one attached hydrogen (secondary N) is 1. The quantitative estimate of drug-likeness (QED) is 0.836. The summed E-state index contributed by atoms with van der Waals surface area (Å²) in [6, 6.07) is 0.678. The number of hydrogen-bond donors (Lipinski definition) is 1. The first-order chi connectivity index (χ1) is 9.24. The van der Waals surface area contributed by atoms with E-state index < -0.39 is 0 Å². The first-order valence-electron chi connectivity index (χ1n) is 7.15. The fourth-order valence-corrected chi connectivity index (χ4v) is 3.61. The summed E-state index contributed by atoms with van der Waals surface area (Å²) in [5.74, 6) is 2.92. The molecule has 1 amide bonds. The smallest absolute Gasteiger partial charge is 0.226 e. The van der Waals surface area contributed by atoms with Crippen LogP contribution in [0.15, 0.2) is 6.33 Å². The Morgan fingerprint density at radius 1 is 1.42 bits per heavy atom. The summed E-state index contributed by atoms with van der Waals surface area (Å²) < 4.78 is 0. The van der Waals surface area contributed by atoms with Crippen LogP contribution in [0.3, 0.4) is 0 Å². The van der Waals surface area contributed by atoms with Crippen molar-refractivity contribution in [2.45, 2.75) is 44.6 Å². The van der Waals surface area contributed by atoms with Crippen LogP contribution in [-0.2, 0) is 4.79 Å². The summed E-state index contributed by atoms with van der Waals surface area (Å²) in [6.07, 6.45) is 6.04. The highest BCUT2D eigenvalue weighted by Gasteiger charge is 2.45. The Morgan fingerprint density at radius 3 is 3.21 bits per heavy atom. The van der Waals surface area contributed by atoms with Gasteiger partial charge in [0.05, 0.1) is 0 Å². The maximum absolute atomic E-state index is 11.6. The topological polar surface area (TPSA) is 58.1 Å². The zero-order valence-electron chi connectivity index (χ0n) is 11.1. The van der Waals surface area contributed by atoms with Crippen LogP contribution in [0.25, 0.3) is 0 Å². The molecule has 2 fully saturated rings. The summed E-state index contributed by atoms with van der Waals surface area (Å²) in [5.41, 5.74) is 1.13. The molecule has 1 aromatic rings. The predicted molar refractivity (Wildman–Crippen MR) is 72.2 cm³/mol. The van der Waals surface area contributed by atoms with Gasteiger partial charge in [0.15, 0.2) is 0 Å². The second-order valence-corrected chi connectivity index (χ2v) is 6.01. The molecule has 1 aliphatic carbocycles. The molecule has 1 saturated heterocycles. The molecule has 2 aliphatic heterocycles. The van der Waals surface area contributed by atoms with Crippen LogP contribution in [-0.4, -0.2) is 28.5 Å². The SMILES string of the molecule is C[C@@H]1CC(=O)Nc2ncnc(N3CCCC4CC43)c21. The number of piperidine rings is 1. The van der Waals surface area contributed by atoms with E-state index in [0.717, 1.165) is 29.7 Å². The highest BCUT2D eigenvalue weighted by atomic mass is 16.1. The molecular weight excluding hydrogens is 240 g/mol. The van der Waals surface area contributed by atoms with Crippen molar-refractivity contribution in [3.8, 4) is 0 Å². The number of rotatable bonds is 1. The lowest BCUT2D eigenvalue weighted by Gasteiger charge is -2.32. The zero-order chi connectivity index (χ0) is 13.0. The van der Waals surface area contributed by atoms with Gasteiger partial charge in [-0.05, 0) is 31.1 Å². The number of anilines is 2. The Hall–Kier alpha value is -1.65. The summed E-state index contributed by atoms with van der Waals surface area (Å²) in [7, 11) is 0. The van der Waals surface area contributed by atoms with Crippen LogP contribution in [0.5, 0.6) is 0 Å². The Labute approximate surface area is 112 Å². The van der Waals surface area contributed by atoms with E-state index in [4.69, 9.17) is 0 Å².